The van der Waals surface area contributed by atoms with Gasteiger partial charge in [0, 0.05) is 11.1 Å². The number of benzene rings is 2. The number of halogens is 2. The zero-order valence-electron chi connectivity index (χ0n) is 15.9. The Morgan fingerprint density at radius 2 is 2.04 bits per heavy atom. The highest BCUT2D eigenvalue weighted by atomic mass is 35.5. The molecule has 0 unspecified atom stereocenters. The van der Waals surface area contributed by atoms with Gasteiger partial charge in [-0.15, -0.1) is 0 Å². The maximum atomic E-state index is 15.0. The Morgan fingerprint density at radius 1 is 1.29 bits per heavy atom. The molecule has 1 atom stereocenters. The molecule has 2 N–H and O–H groups in total. The molecule has 6 heteroatoms. The Hall–Kier alpha value is -2.27. The predicted octanol–water partition coefficient (Wildman–Crippen LogP) is 5.83. The molecule has 2 aliphatic carbocycles. The van der Waals surface area contributed by atoms with Gasteiger partial charge in [0.05, 0.1) is 17.7 Å². The number of hydrogen-bond acceptors (Lipinski definition) is 2. The standard InChI is InChI=1S/C22H23ClFNO3/c1-22(2)10-13-7-17(19(24)9-16(13)20(22)25-21(26)27)15-6-5-14(8-18(15)23)28-11-12-3-4-12/h5-9,12,20,25H,3-4,10-11H2,1-2H3,(H,26,27)/t20-/m0/s1. The Labute approximate surface area is 168 Å². The van der Waals surface area contributed by atoms with E-state index in [1.54, 1.807) is 18.2 Å². The normalized spacial score (nSPS) is 19.9. The summed E-state index contributed by atoms with van der Waals surface area (Å²) in [7, 11) is 0. The summed E-state index contributed by atoms with van der Waals surface area (Å²) < 4.78 is 20.7. The SMILES string of the molecule is CC1(C)Cc2cc(-c3ccc(OCC4CC4)cc3Cl)c(F)cc2[C@@H]1NC(=O)O. The first kappa shape index (κ1) is 19.1. The lowest BCUT2D eigenvalue weighted by Crippen LogP contribution is -2.34. The van der Waals surface area contributed by atoms with E-state index in [1.165, 1.54) is 18.9 Å². The van der Waals surface area contributed by atoms with Crippen LogP contribution in [0.1, 0.15) is 43.9 Å². The summed E-state index contributed by atoms with van der Waals surface area (Å²) in [6, 6.07) is 8.11. The van der Waals surface area contributed by atoms with Crippen LogP contribution in [0.25, 0.3) is 11.1 Å². The minimum atomic E-state index is -1.11. The topological polar surface area (TPSA) is 58.6 Å². The first-order chi connectivity index (χ1) is 13.2. The summed E-state index contributed by atoms with van der Waals surface area (Å²) in [6.07, 6.45) is 1.96. The number of hydrogen-bond donors (Lipinski definition) is 2. The van der Waals surface area contributed by atoms with Gasteiger partial charge in [-0.05, 0) is 72.1 Å². The van der Waals surface area contributed by atoms with E-state index >= 15 is 0 Å². The Morgan fingerprint density at radius 3 is 2.68 bits per heavy atom. The molecule has 4 nitrogen and oxygen atoms in total. The molecule has 1 saturated carbocycles. The smallest absolute Gasteiger partial charge is 0.405 e. The quantitative estimate of drug-likeness (QED) is 0.660. The molecule has 0 aliphatic heterocycles. The zero-order chi connectivity index (χ0) is 20.1. The summed E-state index contributed by atoms with van der Waals surface area (Å²) in [5, 5.41) is 12.1. The summed E-state index contributed by atoms with van der Waals surface area (Å²) >= 11 is 6.43. The van der Waals surface area contributed by atoms with Crippen molar-refractivity contribution < 1.29 is 19.0 Å². The molecule has 28 heavy (non-hydrogen) atoms. The number of ether oxygens (including phenoxy) is 1. The van der Waals surface area contributed by atoms with Crippen molar-refractivity contribution >= 4 is 17.7 Å². The zero-order valence-corrected chi connectivity index (χ0v) is 16.6. The second-order valence-corrected chi connectivity index (χ2v) is 8.88. The summed E-state index contributed by atoms with van der Waals surface area (Å²) in [4.78, 5) is 11.2. The predicted molar refractivity (Wildman–Crippen MR) is 106 cm³/mol. The first-order valence-electron chi connectivity index (χ1n) is 9.49. The van der Waals surface area contributed by atoms with E-state index in [9.17, 15) is 9.18 Å². The average molecular weight is 404 g/mol. The molecule has 0 saturated heterocycles. The van der Waals surface area contributed by atoms with Gasteiger partial charge in [-0.1, -0.05) is 25.4 Å². The van der Waals surface area contributed by atoms with Gasteiger partial charge < -0.3 is 15.2 Å². The molecule has 0 spiro atoms. The van der Waals surface area contributed by atoms with Gasteiger partial charge in [0.15, 0.2) is 0 Å². The van der Waals surface area contributed by atoms with Crippen LogP contribution in [0, 0.1) is 17.2 Å². The Bertz CT molecular complexity index is 940. The van der Waals surface area contributed by atoms with Crippen molar-refractivity contribution in [3.05, 3.63) is 52.3 Å². The molecule has 2 aliphatic rings. The van der Waals surface area contributed by atoms with Crippen LogP contribution in [0.2, 0.25) is 5.02 Å². The van der Waals surface area contributed by atoms with Gasteiger partial charge in [-0.3, -0.25) is 0 Å². The van der Waals surface area contributed by atoms with Gasteiger partial charge in [0.25, 0.3) is 0 Å². The van der Waals surface area contributed by atoms with Crippen LogP contribution >= 0.6 is 11.6 Å². The molecule has 0 bridgehead atoms. The third-order valence-corrected chi connectivity index (χ3v) is 5.96. The number of carbonyl (C=O) groups is 1. The Kier molecular flexibility index (Phi) is 4.74. The van der Waals surface area contributed by atoms with Crippen molar-refractivity contribution in [1.82, 2.24) is 5.32 Å². The molecule has 0 heterocycles. The molecule has 148 valence electrons. The maximum Gasteiger partial charge on any atom is 0.405 e. The summed E-state index contributed by atoms with van der Waals surface area (Å²) in [5.41, 5.74) is 2.31. The van der Waals surface area contributed by atoms with Crippen molar-refractivity contribution in [2.75, 3.05) is 6.61 Å². The summed E-state index contributed by atoms with van der Waals surface area (Å²) in [6.45, 7) is 4.64. The van der Waals surface area contributed by atoms with Gasteiger partial charge in [0.2, 0.25) is 0 Å². The van der Waals surface area contributed by atoms with Crippen LogP contribution in [0.5, 0.6) is 5.75 Å². The third-order valence-electron chi connectivity index (χ3n) is 5.65. The van der Waals surface area contributed by atoms with Crippen LogP contribution in [-0.2, 0) is 6.42 Å². The van der Waals surface area contributed by atoms with E-state index in [0.717, 1.165) is 5.56 Å². The van der Waals surface area contributed by atoms with E-state index in [0.29, 0.717) is 46.4 Å². The number of rotatable bonds is 5. The summed E-state index contributed by atoms with van der Waals surface area (Å²) in [5.74, 6) is 0.916. The second-order valence-electron chi connectivity index (χ2n) is 8.47. The molecular weight excluding hydrogens is 381 g/mol. The number of carboxylic acid groups (broad SMARTS) is 1. The van der Waals surface area contributed by atoms with Crippen molar-refractivity contribution in [1.29, 1.82) is 0 Å². The van der Waals surface area contributed by atoms with E-state index in [-0.39, 0.29) is 5.41 Å². The minimum absolute atomic E-state index is 0.337. The van der Waals surface area contributed by atoms with Crippen LogP contribution in [0.15, 0.2) is 30.3 Å². The fourth-order valence-corrected chi connectivity index (χ4v) is 4.25. The van der Waals surface area contributed by atoms with Gasteiger partial charge >= 0.3 is 6.09 Å². The third kappa shape index (κ3) is 3.68. The fraction of sp³-hybridized carbons (Fsp3) is 0.409. The van der Waals surface area contributed by atoms with E-state index < -0.39 is 18.0 Å². The molecule has 4 rings (SSSR count). The molecule has 1 amide bonds. The monoisotopic (exact) mass is 403 g/mol. The van der Waals surface area contributed by atoms with Gasteiger partial charge in [-0.2, -0.15) is 0 Å². The van der Waals surface area contributed by atoms with Gasteiger partial charge in [0.1, 0.15) is 11.6 Å². The van der Waals surface area contributed by atoms with Crippen molar-refractivity contribution in [2.24, 2.45) is 11.3 Å². The highest BCUT2D eigenvalue weighted by Crippen LogP contribution is 2.47. The Balaban J connectivity index is 1.65. The molecular formula is C22H23ClFNO3. The van der Waals surface area contributed by atoms with E-state index in [2.05, 4.69) is 5.32 Å². The van der Waals surface area contributed by atoms with Crippen LogP contribution < -0.4 is 10.1 Å². The van der Waals surface area contributed by atoms with E-state index in [1.807, 2.05) is 19.9 Å². The highest BCUT2D eigenvalue weighted by Gasteiger charge is 2.40. The van der Waals surface area contributed by atoms with Crippen molar-refractivity contribution in [3.8, 4) is 16.9 Å². The van der Waals surface area contributed by atoms with Crippen molar-refractivity contribution in [3.63, 3.8) is 0 Å². The largest absolute Gasteiger partial charge is 0.493 e. The molecule has 2 aromatic carbocycles. The number of amides is 1. The molecule has 0 aromatic heterocycles. The lowest BCUT2D eigenvalue weighted by Gasteiger charge is -2.27. The first-order valence-corrected chi connectivity index (χ1v) is 9.87. The van der Waals surface area contributed by atoms with Crippen LogP contribution in [0.4, 0.5) is 9.18 Å². The minimum Gasteiger partial charge on any atom is -0.493 e. The maximum absolute atomic E-state index is 15.0. The number of fused-ring (bicyclic) bond motifs is 1. The lowest BCUT2D eigenvalue weighted by molar-refractivity contribution is 0.175. The second kappa shape index (κ2) is 6.96. The fourth-order valence-electron chi connectivity index (χ4n) is 3.97. The van der Waals surface area contributed by atoms with Gasteiger partial charge in [-0.25, -0.2) is 9.18 Å². The average Bonchev–Trinajstić information content (AvgIpc) is 3.40. The van der Waals surface area contributed by atoms with Crippen LogP contribution in [-0.4, -0.2) is 17.8 Å². The highest BCUT2D eigenvalue weighted by molar-refractivity contribution is 6.33. The van der Waals surface area contributed by atoms with Crippen LogP contribution in [0.3, 0.4) is 0 Å². The molecule has 0 radical (unpaired) electrons. The van der Waals surface area contributed by atoms with E-state index in [4.69, 9.17) is 21.4 Å². The number of nitrogens with one attached hydrogen (secondary N) is 1. The molecule has 2 aromatic rings. The van der Waals surface area contributed by atoms with Crippen molar-refractivity contribution in [2.45, 2.75) is 39.2 Å². The molecule has 1 fully saturated rings. The lowest BCUT2D eigenvalue weighted by atomic mass is 9.85.